The number of anilines is 1. The Hall–Kier alpha value is -3.73. The fourth-order valence-electron chi connectivity index (χ4n) is 2.80. The van der Waals surface area contributed by atoms with Crippen molar-refractivity contribution < 1.29 is 4.79 Å². The largest absolute Gasteiger partial charge is 0.320 e. The zero-order valence-electron chi connectivity index (χ0n) is 13.1. The average Bonchev–Trinajstić information content (AvgIpc) is 3.30. The number of fused-ring (bicyclic) bond motifs is 1. The van der Waals surface area contributed by atoms with Gasteiger partial charge in [-0.1, -0.05) is 12.1 Å². The van der Waals surface area contributed by atoms with Crippen molar-refractivity contribution in [1.82, 2.24) is 25.1 Å². The summed E-state index contributed by atoms with van der Waals surface area (Å²) in [4.78, 5) is 22.3. The van der Waals surface area contributed by atoms with E-state index >= 15 is 0 Å². The van der Waals surface area contributed by atoms with Gasteiger partial charge in [0.15, 0.2) is 11.9 Å². The van der Waals surface area contributed by atoms with E-state index in [-0.39, 0.29) is 11.6 Å². The van der Waals surface area contributed by atoms with E-state index in [1.165, 1.54) is 0 Å². The minimum Gasteiger partial charge on any atom is -0.320 e. The van der Waals surface area contributed by atoms with Gasteiger partial charge in [-0.25, -0.2) is 0 Å². The maximum atomic E-state index is 12.5. The molecule has 0 spiro atoms. The number of nitrogens with one attached hydrogen (secondary N) is 2. The Balaban J connectivity index is 1.56. The summed E-state index contributed by atoms with van der Waals surface area (Å²) in [6, 6.07) is 7.28. The van der Waals surface area contributed by atoms with E-state index in [0.29, 0.717) is 30.2 Å². The summed E-state index contributed by atoms with van der Waals surface area (Å²) < 4.78 is 0. The Bertz CT molecular complexity index is 974. The van der Waals surface area contributed by atoms with Crippen molar-refractivity contribution in [1.29, 1.82) is 5.26 Å². The summed E-state index contributed by atoms with van der Waals surface area (Å²) in [6.45, 7) is 1.06. The number of nitriles is 1. The quantitative estimate of drug-likeness (QED) is 0.709. The van der Waals surface area contributed by atoms with Gasteiger partial charge in [0, 0.05) is 23.6 Å². The second kappa shape index (κ2) is 6.05. The van der Waals surface area contributed by atoms with Crippen LogP contribution in [0.3, 0.4) is 0 Å². The third-order valence-electron chi connectivity index (χ3n) is 4.02. The molecule has 0 atom stereocenters. The maximum Gasteiger partial charge on any atom is 0.276 e. The number of hydrogen-bond donors (Lipinski definition) is 2. The first-order chi connectivity index (χ1) is 12.2. The molecular weight excluding hydrogens is 318 g/mol. The molecule has 4 rings (SSSR count). The second-order valence-electron chi connectivity index (χ2n) is 5.61. The predicted octanol–water partition coefficient (Wildman–Crippen LogP) is 1.92. The summed E-state index contributed by atoms with van der Waals surface area (Å²) >= 11 is 0. The highest BCUT2D eigenvalue weighted by Crippen LogP contribution is 2.29. The molecule has 122 valence electrons. The van der Waals surface area contributed by atoms with Gasteiger partial charge in [0.2, 0.25) is 0 Å². The molecule has 25 heavy (non-hydrogen) atoms. The number of benzene rings is 1. The molecule has 3 heterocycles. The Morgan fingerprint density at radius 1 is 1.32 bits per heavy atom. The fraction of sp³-hybridized carbons (Fsp3) is 0.118. The van der Waals surface area contributed by atoms with E-state index in [4.69, 9.17) is 5.26 Å². The van der Waals surface area contributed by atoms with E-state index in [0.717, 1.165) is 11.1 Å². The van der Waals surface area contributed by atoms with Gasteiger partial charge < -0.3 is 10.2 Å². The van der Waals surface area contributed by atoms with Crippen molar-refractivity contribution in [3.05, 3.63) is 59.7 Å². The lowest BCUT2D eigenvalue weighted by atomic mass is 10.1. The molecule has 0 unspecified atom stereocenters. The van der Waals surface area contributed by atoms with Crippen LogP contribution in [0.25, 0.3) is 11.4 Å². The van der Waals surface area contributed by atoms with E-state index in [1.54, 1.807) is 29.6 Å². The smallest absolute Gasteiger partial charge is 0.276 e. The van der Waals surface area contributed by atoms with Crippen LogP contribution in [-0.4, -0.2) is 31.0 Å². The molecule has 8 heteroatoms. The lowest BCUT2D eigenvalue weighted by Gasteiger charge is -2.08. The van der Waals surface area contributed by atoms with Crippen LogP contribution in [0.4, 0.5) is 5.69 Å². The normalized spacial score (nSPS) is 12.5. The molecule has 1 aliphatic heterocycles. The number of aromatic amines is 1. The zero-order valence-corrected chi connectivity index (χ0v) is 13.1. The molecule has 8 nitrogen and oxygen atoms in total. The van der Waals surface area contributed by atoms with Gasteiger partial charge in [-0.2, -0.15) is 10.4 Å². The van der Waals surface area contributed by atoms with Crippen LogP contribution in [-0.2, 0) is 13.1 Å². The van der Waals surface area contributed by atoms with Gasteiger partial charge in [-0.15, -0.1) is 0 Å². The van der Waals surface area contributed by atoms with Crippen LogP contribution in [0.5, 0.6) is 0 Å². The Kier molecular flexibility index (Phi) is 3.59. The first kappa shape index (κ1) is 14.8. The fourth-order valence-corrected chi connectivity index (χ4v) is 2.80. The van der Waals surface area contributed by atoms with Gasteiger partial charge in [-0.05, 0) is 17.7 Å². The second-order valence-corrected chi connectivity index (χ2v) is 5.61. The highest BCUT2D eigenvalue weighted by atomic mass is 16.1. The highest BCUT2D eigenvalue weighted by Gasteiger charge is 2.22. The molecule has 3 aromatic rings. The van der Waals surface area contributed by atoms with Gasteiger partial charge in [0.1, 0.15) is 5.69 Å². The summed E-state index contributed by atoms with van der Waals surface area (Å²) in [5.41, 5.74) is 4.19. The van der Waals surface area contributed by atoms with Crippen molar-refractivity contribution in [2.75, 3.05) is 5.32 Å². The third kappa shape index (κ3) is 2.79. The monoisotopic (exact) mass is 331 g/mol. The molecule has 0 radical (unpaired) electrons. The molecule has 1 amide bonds. The van der Waals surface area contributed by atoms with Crippen LogP contribution in [0.15, 0.2) is 42.9 Å². The first-order valence-corrected chi connectivity index (χ1v) is 7.63. The minimum absolute atomic E-state index is 0.258. The SMILES string of the molecule is N#CN1Cc2cccc(NC(=O)c3cc(-c4cnccn4)[nH]n3)c2C1. The Morgan fingerprint density at radius 3 is 3.04 bits per heavy atom. The Morgan fingerprint density at radius 2 is 2.24 bits per heavy atom. The summed E-state index contributed by atoms with van der Waals surface area (Å²) in [7, 11) is 0. The Labute approximate surface area is 143 Å². The molecule has 0 fully saturated rings. The standard InChI is InChI=1S/C17H13N7O/c18-10-24-8-11-2-1-3-13(12(11)9-24)21-17(25)15-6-14(22-23-15)16-7-19-4-5-20-16/h1-7H,8-9H2,(H,21,25)(H,22,23). The molecule has 2 aromatic heterocycles. The lowest BCUT2D eigenvalue weighted by Crippen LogP contribution is -2.14. The van der Waals surface area contributed by atoms with E-state index in [9.17, 15) is 4.79 Å². The number of carbonyl (C=O) groups excluding carboxylic acids is 1. The van der Waals surface area contributed by atoms with Crippen molar-refractivity contribution >= 4 is 11.6 Å². The zero-order chi connectivity index (χ0) is 17.2. The van der Waals surface area contributed by atoms with Crippen LogP contribution >= 0.6 is 0 Å². The van der Waals surface area contributed by atoms with Crippen molar-refractivity contribution in [2.45, 2.75) is 13.1 Å². The van der Waals surface area contributed by atoms with Crippen molar-refractivity contribution in [3.8, 4) is 17.6 Å². The number of carbonyl (C=O) groups is 1. The summed E-state index contributed by atoms with van der Waals surface area (Å²) in [5, 5.41) is 18.8. The summed E-state index contributed by atoms with van der Waals surface area (Å²) in [6.07, 6.45) is 6.88. The average molecular weight is 331 g/mol. The molecular formula is C17H13N7O. The van der Waals surface area contributed by atoms with Gasteiger partial charge >= 0.3 is 0 Å². The molecule has 0 saturated heterocycles. The highest BCUT2D eigenvalue weighted by molar-refractivity contribution is 6.03. The number of aromatic nitrogens is 4. The first-order valence-electron chi connectivity index (χ1n) is 7.63. The number of H-pyrrole nitrogens is 1. The number of hydrogen-bond acceptors (Lipinski definition) is 6. The topological polar surface area (TPSA) is 111 Å². The van der Waals surface area contributed by atoms with Crippen LogP contribution in [0.2, 0.25) is 0 Å². The molecule has 1 aliphatic rings. The predicted molar refractivity (Wildman–Crippen MR) is 88.9 cm³/mol. The maximum absolute atomic E-state index is 12.5. The molecule has 2 N–H and O–H groups in total. The van der Waals surface area contributed by atoms with Crippen molar-refractivity contribution in [3.63, 3.8) is 0 Å². The molecule has 0 aliphatic carbocycles. The lowest BCUT2D eigenvalue weighted by molar-refractivity contribution is 0.102. The van der Waals surface area contributed by atoms with Crippen LogP contribution < -0.4 is 5.32 Å². The van der Waals surface area contributed by atoms with Crippen molar-refractivity contribution in [2.24, 2.45) is 0 Å². The van der Waals surface area contributed by atoms with E-state index in [2.05, 4.69) is 31.7 Å². The molecule has 1 aromatic carbocycles. The van der Waals surface area contributed by atoms with E-state index in [1.807, 2.05) is 18.2 Å². The van der Waals surface area contributed by atoms with Gasteiger partial charge in [-0.3, -0.25) is 19.9 Å². The van der Waals surface area contributed by atoms with Crippen LogP contribution in [0.1, 0.15) is 21.6 Å². The molecule has 0 saturated carbocycles. The molecule has 0 bridgehead atoms. The summed E-state index contributed by atoms with van der Waals surface area (Å²) in [5.74, 6) is -0.324. The van der Waals surface area contributed by atoms with Gasteiger partial charge in [0.25, 0.3) is 5.91 Å². The minimum atomic E-state index is -0.324. The number of rotatable bonds is 3. The van der Waals surface area contributed by atoms with E-state index < -0.39 is 0 Å². The number of nitrogens with zero attached hydrogens (tertiary/aromatic N) is 5. The third-order valence-corrected chi connectivity index (χ3v) is 4.02. The van der Waals surface area contributed by atoms with Crippen LogP contribution in [0, 0.1) is 11.5 Å². The van der Waals surface area contributed by atoms with Gasteiger partial charge in [0.05, 0.1) is 25.0 Å². The number of amides is 1.